The highest BCUT2D eigenvalue weighted by Gasteiger charge is 2.22. The molecule has 0 saturated carbocycles. The molecule has 0 aromatic heterocycles. The summed E-state index contributed by atoms with van der Waals surface area (Å²) in [6.07, 6.45) is 0. The van der Waals surface area contributed by atoms with Crippen LogP contribution in [0.1, 0.15) is 10.4 Å². The molecule has 0 unspecified atom stereocenters. The van der Waals surface area contributed by atoms with Crippen molar-refractivity contribution in [2.45, 2.75) is 0 Å². The fourth-order valence-corrected chi connectivity index (χ4v) is 1.88. The minimum Gasteiger partial charge on any atom is -0.867 e. The Hall–Kier alpha value is -3.69. The number of carbonyl (C=O) groups excluding carboxylic acids is 1. The molecule has 0 aliphatic carbocycles. The number of hydrogen-bond acceptors (Lipinski definition) is 7. The monoisotopic (exact) mass is 332 g/mol. The second-order valence-electron chi connectivity index (χ2n) is 4.54. The average Bonchev–Trinajstić information content (AvgIpc) is 2.55. The van der Waals surface area contributed by atoms with Crippen molar-refractivity contribution in [1.82, 2.24) is 0 Å². The van der Waals surface area contributed by atoms with Crippen molar-refractivity contribution in [3.63, 3.8) is 0 Å². The van der Waals surface area contributed by atoms with Crippen molar-refractivity contribution in [2.24, 2.45) is 0 Å². The summed E-state index contributed by atoms with van der Waals surface area (Å²) in [4.78, 5) is 31.8. The molecule has 0 bridgehead atoms. The molecule has 10 nitrogen and oxygen atoms in total. The number of nitro benzene ring substituents is 2. The van der Waals surface area contributed by atoms with Crippen LogP contribution in [0.2, 0.25) is 0 Å². The number of ether oxygens (including phenoxy) is 1. The Kier molecular flexibility index (Phi) is 4.59. The van der Waals surface area contributed by atoms with Crippen LogP contribution in [0.3, 0.4) is 0 Å². The van der Waals surface area contributed by atoms with Gasteiger partial charge in [-0.2, -0.15) is 0 Å². The number of nitro groups is 2. The molecule has 1 amide bonds. The van der Waals surface area contributed by atoms with Gasteiger partial charge in [0.1, 0.15) is 5.75 Å². The van der Waals surface area contributed by atoms with Crippen LogP contribution in [0.4, 0.5) is 17.1 Å². The highest BCUT2D eigenvalue weighted by atomic mass is 16.6. The number of rotatable bonds is 5. The first-order chi connectivity index (χ1) is 11.3. The van der Waals surface area contributed by atoms with Gasteiger partial charge in [0, 0.05) is 17.3 Å². The van der Waals surface area contributed by atoms with Gasteiger partial charge in [0.2, 0.25) is 0 Å². The summed E-state index contributed by atoms with van der Waals surface area (Å²) in [6.45, 7) is 0. The molecule has 0 aliphatic rings. The summed E-state index contributed by atoms with van der Waals surface area (Å²) >= 11 is 0. The Morgan fingerprint density at radius 2 is 1.71 bits per heavy atom. The van der Waals surface area contributed by atoms with E-state index in [0.717, 1.165) is 0 Å². The van der Waals surface area contributed by atoms with Gasteiger partial charge in [-0.05, 0) is 30.0 Å². The quantitative estimate of drug-likeness (QED) is 0.648. The molecule has 10 heteroatoms. The molecule has 124 valence electrons. The largest absolute Gasteiger partial charge is 0.867 e. The maximum absolute atomic E-state index is 12.2. The number of benzene rings is 2. The highest BCUT2D eigenvalue weighted by molar-refractivity contribution is 6.07. The van der Waals surface area contributed by atoms with Crippen LogP contribution in [0.5, 0.6) is 11.5 Å². The lowest BCUT2D eigenvalue weighted by molar-refractivity contribution is -0.403. The van der Waals surface area contributed by atoms with E-state index in [4.69, 9.17) is 4.74 Å². The molecule has 1 N–H and O–H groups in total. The molecular weight excluding hydrogens is 322 g/mol. The van der Waals surface area contributed by atoms with E-state index in [9.17, 15) is 30.1 Å². The molecule has 2 aromatic carbocycles. The Labute approximate surface area is 134 Å². The van der Waals surface area contributed by atoms with Gasteiger partial charge >= 0.3 is 0 Å². The van der Waals surface area contributed by atoms with Crippen LogP contribution >= 0.6 is 0 Å². The molecule has 0 aliphatic heterocycles. The Morgan fingerprint density at radius 3 is 2.21 bits per heavy atom. The first-order valence-corrected chi connectivity index (χ1v) is 6.42. The smallest absolute Gasteiger partial charge is 0.277 e. The fourth-order valence-electron chi connectivity index (χ4n) is 1.88. The predicted molar refractivity (Wildman–Crippen MR) is 80.1 cm³/mol. The van der Waals surface area contributed by atoms with Gasteiger partial charge in [-0.25, -0.2) is 0 Å². The first-order valence-electron chi connectivity index (χ1n) is 6.42. The number of nitrogens with one attached hydrogen (secondary N) is 1. The van der Waals surface area contributed by atoms with E-state index in [-0.39, 0.29) is 5.69 Å². The molecule has 0 atom stereocenters. The van der Waals surface area contributed by atoms with Crippen molar-refractivity contribution in [3.05, 3.63) is 62.2 Å². The van der Waals surface area contributed by atoms with E-state index in [2.05, 4.69) is 5.32 Å². The summed E-state index contributed by atoms with van der Waals surface area (Å²) < 4.78 is 4.95. The number of non-ortho nitro benzene ring substituents is 1. The topological polar surface area (TPSA) is 148 Å². The Bertz CT molecular complexity index is 818. The van der Waals surface area contributed by atoms with E-state index < -0.39 is 38.4 Å². The minimum atomic E-state index is -1.20. The van der Waals surface area contributed by atoms with Gasteiger partial charge in [-0.15, -0.1) is 0 Å². The third-order valence-electron chi connectivity index (χ3n) is 3.05. The zero-order valence-electron chi connectivity index (χ0n) is 12.2. The zero-order chi connectivity index (χ0) is 17.9. The summed E-state index contributed by atoms with van der Waals surface area (Å²) in [5.41, 5.74) is -2.16. The van der Waals surface area contributed by atoms with E-state index in [1.807, 2.05) is 0 Å². The van der Waals surface area contributed by atoms with E-state index in [1.54, 1.807) is 12.1 Å². The second-order valence-corrected chi connectivity index (χ2v) is 4.54. The number of carbonyl (C=O) groups is 1. The lowest BCUT2D eigenvalue weighted by atomic mass is 10.1. The van der Waals surface area contributed by atoms with Crippen LogP contribution in [0, 0.1) is 20.2 Å². The van der Waals surface area contributed by atoms with E-state index in [1.165, 1.54) is 19.2 Å². The molecule has 0 fully saturated rings. The number of anilines is 1. The Morgan fingerprint density at radius 1 is 1.08 bits per heavy atom. The van der Waals surface area contributed by atoms with Gasteiger partial charge in [-0.3, -0.25) is 25.0 Å². The maximum atomic E-state index is 12.2. The van der Waals surface area contributed by atoms with Crippen LogP contribution < -0.4 is 15.2 Å². The van der Waals surface area contributed by atoms with E-state index in [0.29, 0.717) is 17.9 Å². The third-order valence-corrected chi connectivity index (χ3v) is 3.05. The predicted octanol–water partition coefficient (Wildman–Crippen LogP) is 1.84. The lowest BCUT2D eigenvalue weighted by Gasteiger charge is -2.13. The fraction of sp³-hybridized carbons (Fsp3) is 0.0714. The molecule has 2 aromatic rings. The molecule has 2 rings (SSSR count). The minimum absolute atomic E-state index is 0.286. The summed E-state index contributed by atoms with van der Waals surface area (Å²) in [7, 11) is 1.46. The number of amides is 1. The Balaban J connectivity index is 2.40. The SMILES string of the molecule is COc1ccc(NC(=O)c2cc([N+](=O)[O-])cc([N+](=O)[O-])c2[O-])cc1. The maximum Gasteiger partial charge on any atom is 0.277 e. The van der Waals surface area contributed by atoms with Gasteiger partial charge in [-0.1, -0.05) is 0 Å². The summed E-state index contributed by atoms with van der Waals surface area (Å²) in [5.74, 6) is -1.66. The van der Waals surface area contributed by atoms with Crippen molar-refractivity contribution in [3.8, 4) is 11.5 Å². The van der Waals surface area contributed by atoms with Crippen LogP contribution in [0.25, 0.3) is 0 Å². The first kappa shape index (κ1) is 16.7. The summed E-state index contributed by atoms with van der Waals surface area (Å²) in [5, 5.41) is 36.0. The van der Waals surface area contributed by atoms with Crippen LogP contribution in [-0.4, -0.2) is 22.9 Å². The molecule has 0 spiro atoms. The average molecular weight is 332 g/mol. The zero-order valence-corrected chi connectivity index (χ0v) is 12.2. The molecule has 0 heterocycles. The van der Waals surface area contributed by atoms with E-state index >= 15 is 0 Å². The molecule has 0 radical (unpaired) electrons. The van der Waals surface area contributed by atoms with Crippen molar-refractivity contribution < 1.29 is 24.5 Å². The number of hydrogen-bond donors (Lipinski definition) is 1. The lowest BCUT2D eigenvalue weighted by Crippen LogP contribution is -2.16. The summed E-state index contributed by atoms with van der Waals surface area (Å²) in [6, 6.07) is 7.27. The molecule has 0 saturated heterocycles. The van der Waals surface area contributed by atoms with Gasteiger partial charge < -0.3 is 15.2 Å². The molecular formula is C14H10N3O7-. The second kappa shape index (κ2) is 6.60. The van der Waals surface area contributed by atoms with Crippen LogP contribution in [0.15, 0.2) is 36.4 Å². The third kappa shape index (κ3) is 3.38. The highest BCUT2D eigenvalue weighted by Crippen LogP contribution is 2.32. The van der Waals surface area contributed by atoms with Gasteiger partial charge in [0.05, 0.1) is 23.0 Å². The standard InChI is InChI=1S/C14H11N3O7/c1-24-10-4-2-8(3-5-10)15-14(19)11-6-9(16(20)21)7-12(13(11)18)17(22)23/h2-7,18H,1H3,(H,15,19)/p-1. The van der Waals surface area contributed by atoms with Gasteiger partial charge in [0.15, 0.2) is 0 Å². The number of methoxy groups -OCH3 is 1. The van der Waals surface area contributed by atoms with Gasteiger partial charge in [0.25, 0.3) is 17.3 Å². The van der Waals surface area contributed by atoms with Crippen molar-refractivity contribution in [1.29, 1.82) is 0 Å². The van der Waals surface area contributed by atoms with Crippen LogP contribution in [-0.2, 0) is 0 Å². The number of nitrogens with zero attached hydrogens (tertiary/aromatic N) is 2. The van der Waals surface area contributed by atoms with Crippen molar-refractivity contribution in [2.75, 3.05) is 12.4 Å². The molecule has 24 heavy (non-hydrogen) atoms. The normalized spacial score (nSPS) is 10.0. The van der Waals surface area contributed by atoms with Crippen molar-refractivity contribution >= 4 is 23.0 Å².